The zero-order valence-corrected chi connectivity index (χ0v) is 19.3. The van der Waals surface area contributed by atoms with Crippen LogP contribution < -0.4 is 5.32 Å². The number of amides is 1. The van der Waals surface area contributed by atoms with Crippen molar-refractivity contribution < 1.29 is 13.6 Å². The van der Waals surface area contributed by atoms with Crippen LogP contribution in [0.15, 0.2) is 91.3 Å². The number of nitrogens with one attached hydrogen (secondary N) is 1. The Labute approximate surface area is 202 Å². The van der Waals surface area contributed by atoms with Crippen LogP contribution >= 0.6 is 11.6 Å². The zero-order chi connectivity index (χ0) is 24.1. The molecule has 0 fully saturated rings. The summed E-state index contributed by atoms with van der Waals surface area (Å²) in [5.41, 5.74) is 5.27. The number of nitrogens with zero attached hydrogens (tertiary/aromatic N) is 1. The summed E-state index contributed by atoms with van der Waals surface area (Å²) in [7, 11) is 0. The number of carbonyl (C=O) groups excluding carboxylic acids is 1. The summed E-state index contributed by atoms with van der Waals surface area (Å²) in [5.74, 6) is -3.07. The molecule has 0 atom stereocenters. The molecule has 4 aromatic rings. The molecule has 3 nitrogen and oxygen atoms in total. The molecule has 34 heavy (non-hydrogen) atoms. The van der Waals surface area contributed by atoms with E-state index < -0.39 is 5.92 Å². The highest BCUT2D eigenvalue weighted by atomic mass is 35.5. The number of halogens is 3. The van der Waals surface area contributed by atoms with Crippen LogP contribution in [0.2, 0.25) is 5.02 Å². The van der Waals surface area contributed by atoms with Crippen molar-refractivity contribution in [3.63, 3.8) is 0 Å². The molecule has 0 unspecified atom stereocenters. The number of aromatic nitrogens is 1. The number of pyridine rings is 1. The Balaban J connectivity index is 1.45. The molecule has 0 bridgehead atoms. The molecule has 0 aliphatic carbocycles. The van der Waals surface area contributed by atoms with Gasteiger partial charge in [-0.1, -0.05) is 67.1 Å². The van der Waals surface area contributed by atoms with Crippen LogP contribution in [0.3, 0.4) is 0 Å². The molecule has 1 heterocycles. The molecule has 1 amide bonds. The van der Waals surface area contributed by atoms with Crippen LogP contribution in [-0.2, 0) is 17.1 Å². The van der Waals surface area contributed by atoms with Crippen molar-refractivity contribution in [1.82, 2.24) is 4.98 Å². The number of benzene rings is 3. The third-order valence-electron chi connectivity index (χ3n) is 5.64. The fraction of sp³-hybridized carbons (Fsp3) is 0.143. The largest absolute Gasteiger partial charge is 0.326 e. The third-order valence-corrected chi connectivity index (χ3v) is 5.89. The minimum Gasteiger partial charge on any atom is -0.326 e. The molecular weight excluding hydrogens is 454 g/mol. The first-order valence-corrected chi connectivity index (χ1v) is 11.3. The predicted octanol–water partition coefficient (Wildman–Crippen LogP) is 7.75. The second kappa shape index (κ2) is 10.1. The average molecular weight is 477 g/mol. The number of hydrogen-bond acceptors (Lipinski definition) is 2. The fourth-order valence-electron chi connectivity index (χ4n) is 3.70. The van der Waals surface area contributed by atoms with Crippen molar-refractivity contribution in [3.8, 4) is 22.3 Å². The van der Waals surface area contributed by atoms with Crippen LogP contribution in [0, 0.1) is 0 Å². The van der Waals surface area contributed by atoms with Gasteiger partial charge in [-0.05, 0) is 52.6 Å². The molecule has 1 N–H and O–H groups in total. The Morgan fingerprint density at radius 1 is 0.882 bits per heavy atom. The molecule has 0 saturated heterocycles. The highest BCUT2D eigenvalue weighted by Gasteiger charge is 2.28. The minimum atomic E-state index is -2.86. The van der Waals surface area contributed by atoms with Crippen LogP contribution in [0.25, 0.3) is 22.3 Å². The second-order valence-electron chi connectivity index (χ2n) is 7.99. The van der Waals surface area contributed by atoms with Crippen molar-refractivity contribution in [1.29, 1.82) is 0 Å². The molecular formula is C28H23ClF2N2O. The monoisotopic (exact) mass is 476 g/mol. The van der Waals surface area contributed by atoms with Crippen molar-refractivity contribution in [2.24, 2.45) is 0 Å². The SMILES string of the molecule is CCC(F)(F)c1ccc(CC(=O)Nc2ccc(-c3cnccc3-c3ccc(Cl)cc3)cc2)cc1. The van der Waals surface area contributed by atoms with Crippen molar-refractivity contribution >= 4 is 23.2 Å². The summed E-state index contributed by atoms with van der Waals surface area (Å²) in [5, 5.41) is 3.54. The maximum atomic E-state index is 13.8. The van der Waals surface area contributed by atoms with E-state index in [2.05, 4.69) is 10.3 Å². The van der Waals surface area contributed by atoms with Crippen molar-refractivity contribution in [2.45, 2.75) is 25.7 Å². The summed E-state index contributed by atoms with van der Waals surface area (Å²) in [6.07, 6.45) is 3.40. The lowest BCUT2D eigenvalue weighted by atomic mass is 9.96. The molecule has 6 heteroatoms. The Morgan fingerprint density at radius 3 is 2.15 bits per heavy atom. The number of alkyl halides is 2. The number of carbonyl (C=O) groups is 1. The maximum absolute atomic E-state index is 13.8. The van der Waals surface area contributed by atoms with Gasteiger partial charge in [0.25, 0.3) is 5.92 Å². The first kappa shape index (κ1) is 23.6. The van der Waals surface area contributed by atoms with E-state index in [-0.39, 0.29) is 24.3 Å². The van der Waals surface area contributed by atoms with E-state index in [0.29, 0.717) is 16.3 Å². The third kappa shape index (κ3) is 5.49. The first-order chi connectivity index (χ1) is 16.4. The molecule has 4 rings (SSSR count). The van der Waals surface area contributed by atoms with Crippen LogP contribution in [0.4, 0.5) is 14.5 Å². The second-order valence-corrected chi connectivity index (χ2v) is 8.42. The smallest absolute Gasteiger partial charge is 0.273 e. The van der Waals surface area contributed by atoms with Crippen molar-refractivity contribution in [3.05, 3.63) is 107 Å². The van der Waals surface area contributed by atoms with Gasteiger partial charge in [0.05, 0.1) is 6.42 Å². The van der Waals surface area contributed by atoms with Gasteiger partial charge in [0.2, 0.25) is 5.91 Å². The van der Waals surface area contributed by atoms with Gasteiger partial charge >= 0.3 is 0 Å². The molecule has 3 aromatic carbocycles. The van der Waals surface area contributed by atoms with E-state index in [1.165, 1.54) is 19.1 Å². The molecule has 0 aliphatic heterocycles. The van der Waals surface area contributed by atoms with Crippen molar-refractivity contribution in [2.75, 3.05) is 5.32 Å². The predicted molar refractivity (Wildman–Crippen MR) is 133 cm³/mol. The van der Waals surface area contributed by atoms with Crippen LogP contribution in [0.5, 0.6) is 0 Å². The van der Waals surface area contributed by atoms with Crippen LogP contribution in [-0.4, -0.2) is 10.9 Å². The quantitative estimate of drug-likeness (QED) is 0.296. The van der Waals surface area contributed by atoms with Gasteiger partial charge in [0.1, 0.15) is 0 Å². The average Bonchev–Trinajstić information content (AvgIpc) is 2.85. The lowest BCUT2D eigenvalue weighted by molar-refractivity contribution is -0.115. The Morgan fingerprint density at radius 2 is 1.50 bits per heavy atom. The number of anilines is 1. The van der Waals surface area contributed by atoms with E-state index in [1.54, 1.807) is 18.3 Å². The van der Waals surface area contributed by atoms with E-state index in [0.717, 1.165) is 22.3 Å². The number of rotatable bonds is 7. The van der Waals surface area contributed by atoms with Gasteiger partial charge in [0, 0.05) is 40.7 Å². The topological polar surface area (TPSA) is 42.0 Å². The Hall–Kier alpha value is -3.57. The standard InChI is InChI=1S/C28H23ClF2N2O/c1-2-28(30,31)22-9-3-19(4-10-22)17-27(34)33-24-13-7-21(8-14-24)26-18-32-16-15-25(26)20-5-11-23(29)12-6-20/h3-16,18H,2,17H2,1H3,(H,33,34). The number of hydrogen-bond donors (Lipinski definition) is 1. The lowest BCUT2D eigenvalue weighted by Crippen LogP contribution is -2.15. The summed E-state index contributed by atoms with van der Waals surface area (Å²) in [6, 6.07) is 23.0. The molecule has 1 aromatic heterocycles. The van der Waals surface area contributed by atoms with Crippen LogP contribution in [0.1, 0.15) is 24.5 Å². The lowest BCUT2D eigenvalue weighted by Gasteiger charge is -2.14. The van der Waals surface area contributed by atoms with Gasteiger partial charge in [-0.3, -0.25) is 9.78 Å². The summed E-state index contributed by atoms with van der Waals surface area (Å²) in [4.78, 5) is 16.7. The van der Waals surface area contributed by atoms with Gasteiger partial charge in [-0.2, -0.15) is 0 Å². The Bertz CT molecular complexity index is 1270. The maximum Gasteiger partial charge on any atom is 0.273 e. The zero-order valence-electron chi connectivity index (χ0n) is 18.6. The van der Waals surface area contributed by atoms with Gasteiger partial charge < -0.3 is 5.32 Å². The minimum absolute atomic E-state index is 0.0388. The highest BCUT2D eigenvalue weighted by molar-refractivity contribution is 6.30. The highest BCUT2D eigenvalue weighted by Crippen LogP contribution is 2.33. The summed E-state index contributed by atoms with van der Waals surface area (Å²) >= 11 is 6.02. The van der Waals surface area contributed by atoms with Gasteiger partial charge in [0.15, 0.2) is 0 Å². The summed E-state index contributed by atoms with van der Waals surface area (Å²) < 4.78 is 27.5. The van der Waals surface area contributed by atoms with E-state index in [1.807, 2.05) is 60.8 Å². The Kier molecular flexibility index (Phi) is 7.03. The molecule has 0 aliphatic rings. The first-order valence-electron chi connectivity index (χ1n) is 10.9. The summed E-state index contributed by atoms with van der Waals surface area (Å²) in [6.45, 7) is 1.44. The van der Waals surface area contributed by atoms with E-state index in [9.17, 15) is 13.6 Å². The molecule has 0 spiro atoms. The van der Waals surface area contributed by atoms with E-state index >= 15 is 0 Å². The fourth-order valence-corrected chi connectivity index (χ4v) is 3.83. The molecule has 172 valence electrons. The van der Waals surface area contributed by atoms with Gasteiger partial charge in [-0.25, -0.2) is 8.78 Å². The van der Waals surface area contributed by atoms with Gasteiger partial charge in [-0.15, -0.1) is 0 Å². The molecule has 0 radical (unpaired) electrons. The normalized spacial score (nSPS) is 11.3. The van der Waals surface area contributed by atoms with E-state index in [4.69, 9.17) is 11.6 Å². The molecule has 0 saturated carbocycles.